The molecule has 1 aromatic heterocycles. The van der Waals surface area contributed by atoms with Crippen molar-refractivity contribution >= 4 is 28.6 Å². The molecule has 0 unspecified atom stereocenters. The maximum atomic E-state index is 12.2. The molecule has 1 amide bonds. The third-order valence-corrected chi connectivity index (χ3v) is 5.07. The van der Waals surface area contributed by atoms with Crippen molar-refractivity contribution in [2.24, 2.45) is 0 Å². The topological polar surface area (TPSA) is 42.2 Å². The molecule has 0 atom stereocenters. The molecule has 0 aliphatic carbocycles. The minimum absolute atomic E-state index is 0.0320. The number of furan rings is 1. The Hall–Kier alpha value is -2.20. The Morgan fingerprint density at radius 2 is 1.88 bits per heavy atom. The number of rotatable bonds is 6. The fourth-order valence-corrected chi connectivity index (χ4v) is 3.37. The number of fused-ring (bicyclic) bond motifs is 1. The number of carbonyl (C=O) groups is 1. The molecule has 4 heteroatoms. The molecule has 0 aliphatic heterocycles. The van der Waals surface area contributed by atoms with Crippen molar-refractivity contribution in [3.05, 3.63) is 65.4 Å². The standard InChI is InChI=1S/C20H21NO2S/c1-14-10-18-16(13-23-19(18)11-15(14)2)12-20(22)21-8-9-24-17-6-4-3-5-7-17/h3-7,10-11,13H,8-9,12H2,1-2H3,(H,21,22). The second-order valence-electron chi connectivity index (χ2n) is 5.88. The van der Waals surface area contributed by atoms with Gasteiger partial charge in [0.15, 0.2) is 0 Å². The van der Waals surface area contributed by atoms with E-state index in [-0.39, 0.29) is 5.91 Å². The molecule has 1 heterocycles. The van der Waals surface area contributed by atoms with Crippen molar-refractivity contribution < 1.29 is 9.21 Å². The summed E-state index contributed by atoms with van der Waals surface area (Å²) in [5.74, 6) is 0.893. The summed E-state index contributed by atoms with van der Waals surface area (Å²) in [5.41, 5.74) is 4.21. The van der Waals surface area contributed by atoms with Crippen LogP contribution in [0.4, 0.5) is 0 Å². The lowest BCUT2D eigenvalue weighted by Gasteiger charge is -2.05. The molecular weight excluding hydrogens is 318 g/mol. The summed E-state index contributed by atoms with van der Waals surface area (Å²) < 4.78 is 5.59. The molecule has 2 aromatic carbocycles. The first-order valence-electron chi connectivity index (χ1n) is 8.05. The highest BCUT2D eigenvalue weighted by Gasteiger charge is 2.11. The molecule has 24 heavy (non-hydrogen) atoms. The zero-order valence-electron chi connectivity index (χ0n) is 14.0. The molecule has 0 saturated carbocycles. The number of hydrogen-bond acceptors (Lipinski definition) is 3. The van der Waals surface area contributed by atoms with Crippen molar-refractivity contribution in [2.45, 2.75) is 25.2 Å². The van der Waals surface area contributed by atoms with E-state index in [1.165, 1.54) is 16.0 Å². The van der Waals surface area contributed by atoms with Gasteiger partial charge < -0.3 is 9.73 Å². The number of aryl methyl sites for hydroxylation is 2. The van der Waals surface area contributed by atoms with E-state index in [0.717, 1.165) is 22.3 Å². The zero-order valence-corrected chi connectivity index (χ0v) is 14.8. The number of benzene rings is 2. The van der Waals surface area contributed by atoms with E-state index in [9.17, 15) is 4.79 Å². The Bertz CT molecular complexity index is 839. The second-order valence-corrected chi connectivity index (χ2v) is 7.05. The number of amides is 1. The van der Waals surface area contributed by atoms with Crippen molar-refractivity contribution in [1.29, 1.82) is 0 Å². The van der Waals surface area contributed by atoms with E-state index < -0.39 is 0 Å². The third-order valence-electron chi connectivity index (χ3n) is 4.06. The van der Waals surface area contributed by atoms with Gasteiger partial charge in [0.05, 0.1) is 12.7 Å². The van der Waals surface area contributed by atoms with Gasteiger partial charge in [-0.3, -0.25) is 4.79 Å². The van der Waals surface area contributed by atoms with Gasteiger partial charge in [-0.05, 0) is 49.2 Å². The zero-order chi connectivity index (χ0) is 16.9. The molecule has 124 valence electrons. The quantitative estimate of drug-likeness (QED) is 0.531. The summed E-state index contributed by atoms with van der Waals surface area (Å²) in [6, 6.07) is 14.3. The van der Waals surface area contributed by atoms with Crippen LogP contribution in [0.2, 0.25) is 0 Å². The largest absolute Gasteiger partial charge is 0.464 e. The smallest absolute Gasteiger partial charge is 0.224 e. The second kappa shape index (κ2) is 7.58. The predicted molar refractivity (Wildman–Crippen MR) is 99.6 cm³/mol. The maximum Gasteiger partial charge on any atom is 0.224 e. The summed E-state index contributed by atoms with van der Waals surface area (Å²) in [6.45, 7) is 4.80. The minimum atomic E-state index is 0.0320. The number of nitrogens with one attached hydrogen (secondary N) is 1. The summed E-state index contributed by atoms with van der Waals surface area (Å²) >= 11 is 1.74. The van der Waals surface area contributed by atoms with E-state index in [4.69, 9.17) is 4.42 Å². The van der Waals surface area contributed by atoms with E-state index in [1.807, 2.05) is 24.3 Å². The SMILES string of the molecule is Cc1cc2occ(CC(=O)NCCSc3ccccc3)c2cc1C. The van der Waals surface area contributed by atoms with Gasteiger partial charge in [0.2, 0.25) is 5.91 Å². The van der Waals surface area contributed by atoms with Crippen molar-refractivity contribution in [2.75, 3.05) is 12.3 Å². The van der Waals surface area contributed by atoms with Gasteiger partial charge in [-0.15, -0.1) is 11.8 Å². The highest BCUT2D eigenvalue weighted by molar-refractivity contribution is 7.99. The Morgan fingerprint density at radius 1 is 1.12 bits per heavy atom. The Kier molecular flexibility index (Phi) is 5.26. The number of carbonyl (C=O) groups excluding carboxylic acids is 1. The van der Waals surface area contributed by atoms with Gasteiger partial charge in [0, 0.05) is 28.1 Å². The van der Waals surface area contributed by atoms with Crippen LogP contribution in [0.5, 0.6) is 0 Å². The van der Waals surface area contributed by atoms with Gasteiger partial charge in [-0.1, -0.05) is 18.2 Å². The highest BCUT2D eigenvalue weighted by atomic mass is 32.2. The van der Waals surface area contributed by atoms with Crippen LogP contribution in [-0.4, -0.2) is 18.2 Å². The van der Waals surface area contributed by atoms with Crippen LogP contribution in [0, 0.1) is 13.8 Å². The van der Waals surface area contributed by atoms with E-state index >= 15 is 0 Å². The Labute approximate surface area is 146 Å². The summed E-state index contributed by atoms with van der Waals surface area (Å²) in [5, 5.41) is 4.01. The van der Waals surface area contributed by atoms with Gasteiger partial charge in [-0.25, -0.2) is 0 Å². The van der Waals surface area contributed by atoms with Crippen molar-refractivity contribution in [1.82, 2.24) is 5.32 Å². The van der Waals surface area contributed by atoms with Gasteiger partial charge in [0.1, 0.15) is 5.58 Å². The van der Waals surface area contributed by atoms with Gasteiger partial charge >= 0.3 is 0 Å². The Morgan fingerprint density at radius 3 is 2.67 bits per heavy atom. The van der Waals surface area contributed by atoms with E-state index in [1.54, 1.807) is 18.0 Å². The molecule has 0 bridgehead atoms. The van der Waals surface area contributed by atoms with Gasteiger partial charge in [-0.2, -0.15) is 0 Å². The predicted octanol–water partition coefficient (Wildman–Crippen LogP) is 4.50. The van der Waals surface area contributed by atoms with Crippen LogP contribution < -0.4 is 5.32 Å². The first-order valence-corrected chi connectivity index (χ1v) is 9.04. The van der Waals surface area contributed by atoms with Crippen LogP contribution in [0.1, 0.15) is 16.7 Å². The summed E-state index contributed by atoms with van der Waals surface area (Å²) in [7, 11) is 0. The lowest BCUT2D eigenvalue weighted by Crippen LogP contribution is -2.27. The van der Waals surface area contributed by atoms with Crippen LogP contribution in [0.15, 0.2) is 58.0 Å². The average molecular weight is 339 g/mol. The molecule has 1 N–H and O–H groups in total. The fourth-order valence-electron chi connectivity index (χ4n) is 2.58. The van der Waals surface area contributed by atoms with Crippen LogP contribution >= 0.6 is 11.8 Å². The molecule has 0 spiro atoms. The third kappa shape index (κ3) is 4.01. The normalized spacial score (nSPS) is 10.9. The summed E-state index contributed by atoms with van der Waals surface area (Å²) in [4.78, 5) is 13.4. The number of hydrogen-bond donors (Lipinski definition) is 1. The van der Waals surface area contributed by atoms with Crippen LogP contribution in [-0.2, 0) is 11.2 Å². The van der Waals surface area contributed by atoms with Crippen molar-refractivity contribution in [3.63, 3.8) is 0 Å². The molecular formula is C20H21NO2S. The van der Waals surface area contributed by atoms with Crippen LogP contribution in [0.3, 0.4) is 0 Å². The average Bonchev–Trinajstić information content (AvgIpc) is 2.95. The molecule has 0 radical (unpaired) electrons. The molecule has 0 aliphatic rings. The first-order chi connectivity index (χ1) is 11.6. The lowest BCUT2D eigenvalue weighted by molar-refractivity contribution is -0.120. The Balaban J connectivity index is 1.53. The van der Waals surface area contributed by atoms with Gasteiger partial charge in [0.25, 0.3) is 0 Å². The molecule has 3 rings (SSSR count). The highest BCUT2D eigenvalue weighted by Crippen LogP contribution is 2.25. The molecule has 0 saturated heterocycles. The molecule has 3 aromatic rings. The minimum Gasteiger partial charge on any atom is -0.464 e. The number of thioether (sulfide) groups is 1. The lowest BCUT2D eigenvalue weighted by atomic mass is 10.0. The maximum absolute atomic E-state index is 12.2. The fraction of sp³-hybridized carbons (Fsp3) is 0.250. The first kappa shape index (κ1) is 16.7. The van der Waals surface area contributed by atoms with E-state index in [0.29, 0.717) is 13.0 Å². The van der Waals surface area contributed by atoms with Crippen LogP contribution in [0.25, 0.3) is 11.0 Å². The monoisotopic (exact) mass is 339 g/mol. The van der Waals surface area contributed by atoms with E-state index in [2.05, 4.69) is 37.4 Å². The molecule has 0 fully saturated rings. The van der Waals surface area contributed by atoms with Crippen molar-refractivity contribution in [3.8, 4) is 0 Å². The molecule has 3 nitrogen and oxygen atoms in total. The summed E-state index contributed by atoms with van der Waals surface area (Å²) in [6.07, 6.45) is 2.05.